The van der Waals surface area contributed by atoms with Gasteiger partial charge >= 0.3 is 0 Å². The summed E-state index contributed by atoms with van der Waals surface area (Å²) in [6, 6.07) is 1.89. The Morgan fingerprint density at radius 3 is 2.76 bits per heavy atom. The monoisotopic (exact) mass is 365 g/mol. The lowest BCUT2D eigenvalue weighted by atomic mass is 10.2. The van der Waals surface area contributed by atoms with Gasteiger partial charge in [-0.1, -0.05) is 12.8 Å². The summed E-state index contributed by atoms with van der Waals surface area (Å²) in [4.78, 5) is 11.3. The molecule has 7 nitrogen and oxygen atoms in total. The highest BCUT2D eigenvalue weighted by Gasteiger charge is 2.17. The summed E-state index contributed by atoms with van der Waals surface area (Å²) in [6.07, 6.45) is 7.36. The highest BCUT2D eigenvalue weighted by molar-refractivity contribution is 7.80. The van der Waals surface area contributed by atoms with Crippen LogP contribution in [0, 0.1) is 0 Å². The van der Waals surface area contributed by atoms with E-state index in [-0.39, 0.29) is 6.10 Å². The molecule has 2 aliphatic rings. The van der Waals surface area contributed by atoms with Crippen LogP contribution in [0.1, 0.15) is 38.5 Å². The summed E-state index contributed by atoms with van der Waals surface area (Å²) in [5, 5.41) is 6.76. The molecule has 1 aromatic rings. The lowest BCUT2D eigenvalue weighted by molar-refractivity contribution is 0.114. The molecule has 0 aromatic carbocycles. The van der Waals surface area contributed by atoms with Crippen LogP contribution in [-0.2, 0) is 4.74 Å². The average molecular weight is 366 g/mol. The van der Waals surface area contributed by atoms with Gasteiger partial charge in [-0.15, -0.1) is 0 Å². The second-order valence-electron chi connectivity index (χ2n) is 6.46. The molecule has 1 aromatic heterocycles. The van der Waals surface area contributed by atoms with Gasteiger partial charge in [0.2, 0.25) is 11.8 Å². The van der Waals surface area contributed by atoms with Gasteiger partial charge in [0.05, 0.1) is 13.2 Å². The van der Waals surface area contributed by atoms with E-state index in [1.54, 1.807) is 7.11 Å². The van der Waals surface area contributed by atoms with Crippen molar-refractivity contribution < 1.29 is 9.47 Å². The van der Waals surface area contributed by atoms with Crippen molar-refractivity contribution in [1.82, 2.24) is 15.3 Å². The molecule has 8 heteroatoms. The average Bonchev–Trinajstić information content (AvgIpc) is 3.00. The van der Waals surface area contributed by atoms with Crippen LogP contribution in [0.2, 0.25) is 0 Å². The summed E-state index contributed by atoms with van der Waals surface area (Å²) in [6.45, 7) is 3.57. The molecule has 0 spiro atoms. The number of hydrogen-bond donors (Lipinski definition) is 2. The molecule has 0 saturated carbocycles. The van der Waals surface area contributed by atoms with Crippen molar-refractivity contribution >= 4 is 29.1 Å². The van der Waals surface area contributed by atoms with E-state index in [9.17, 15) is 0 Å². The van der Waals surface area contributed by atoms with Crippen LogP contribution in [0.15, 0.2) is 6.07 Å². The largest absolute Gasteiger partial charge is 0.481 e. The Labute approximate surface area is 154 Å². The van der Waals surface area contributed by atoms with Crippen molar-refractivity contribution in [2.75, 3.05) is 43.6 Å². The molecule has 25 heavy (non-hydrogen) atoms. The summed E-state index contributed by atoms with van der Waals surface area (Å²) in [5.41, 5.74) is 0. The van der Waals surface area contributed by atoms with E-state index in [0.717, 1.165) is 38.4 Å². The third-order valence-electron chi connectivity index (χ3n) is 4.57. The minimum Gasteiger partial charge on any atom is -0.481 e. The van der Waals surface area contributed by atoms with Gasteiger partial charge < -0.3 is 25.0 Å². The van der Waals surface area contributed by atoms with Gasteiger partial charge in [0.15, 0.2) is 5.11 Å². The van der Waals surface area contributed by atoms with Crippen molar-refractivity contribution in [3.63, 3.8) is 0 Å². The van der Waals surface area contributed by atoms with E-state index in [1.807, 2.05) is 6.07 Å². The molecule has 0 aliphatic carbocycles. The van der Waals surface area contributed by atoms with E-state index in [1.165, 1.54) is 25.7 Å². The maximum absolute atomic E-state index is 5.59. The van der Waals surface area contributed by atoms with Crippen LogP contribution in [0.5, 0.6) is 5.88 Å². The first-order valence-electron chi connectivity index (χ1n) is 9.09. The Hall–Kier alpha value is -1.67. The third kappa shape index (κ3) is 5.40. The Balaban J connectivity index is 1.63. The summed E-state index contributed by atoms with van der Waals surface area (Å²) < 4.78 is 10.9. The zero-order chi connectivity index (χ0) is 17.5. The number of aromatic nitrogens is 2. The molecule has 2 saturated heterocycles. The fraction of sp³-hybridized carbons (Fsp3) is 0.706. The van der Waals surface area contributed by atoms with Crippen molar-refractivity contribution in [3.05, 3.63) is 6.07 Å². The van der Waals surface area contributed by atoms with Gasteiger partial charge in [-0.05, 0) is 37.9 Å². The smallest absolute Gasteiger partial charge is 0.234 e. The molecule has 138 valence electrons. The maximum Gasteiger partial charge on any atom is 0.234 e. The van der Waals surface area contributed by atoms with Crippen LogP contribution in [0.4, 0.5) is 11.8 Å². The lowest BCUT2D eigenvalue weighted by Crippen LogP contribution is -2.35. The fourth-order valence-electron chi connectivity index (χ4n) is 3.19. The first kappa shape index (κ1) is 18.1. The molecule has 2 fully saturated rings. The standard InChI is InChI=1S/C17H27N5O2S/c1-23-15-11-14(22-8-4-2-3-5-9-22)19-16(20-15)21-17(25)18-12-13-7-6-10-24-13/h11,13H,2-10,12H2,1H3,(H2,18,19,20,21,25)/t13-/m1/s1. The SMILES string of the molecule is COc1cc(N2CCCCCC2)nc(NC(=S)NC[C@H]2CCCO2)n1. The Bertz CT molecular complexity index is 572. The molecule has 1 atom stereocenters. The number of nitrogens with zero attached hydrogens (tertiary/aromatic N) is 3. The molecule has 0 amide bonds. The van der Waals surface area contributed by atoms with Crippen molar-refractivity contribution in [3.8, 4) is 5.88 Å². The number of rotatable bonds is 5. The number of anilines is 2. The fourth-order valence-corrected chi connectivity index (χ4v) is 3.37. The number of hydrogen-bond acceptors (Lipinski definition) is 6. The van der Waals surface area contributed by atoms with Gasteiger partial charge in [-0.3, -0.25) is 0 Å². The highest BCUT2D eigenvalue weighted by Crippen LogP contribution is 2.22. The van der Waals surface area contributed by atoms with E-state index in [4.69, 9.17) is 21.7 Å². The van der Waals surface area contributed by atoms with Crippen molar-refractivity contribution in [1.29, 1.82) is 0 Å². The molecule has 3 rings (SSSR count). The summed E-state index contributed by atoms with van der Waals surface area (Å²) in [7, 11) is 1.62. The predicted molar refractivity (Wildman–Crippen MR) is 102 cm³/mol. The summed E-state index contributed by atoms with van der Waals surface area (Å²) >= 11 is 5.36. The molecule has 3 heterocycles. The van der Waals surface area contributed by atoms with Gasteiger partial charge in [-0.2, -0.15) is 9.97 Å². The van der Waals surface area contributed by atoms with E-state index >= 15 is 0 Å². The third-order valence-corrected chi connectivity index (χ3v) is 4.81. The van der Waals surface area contributed by atoms with E-state index < -0.39 is 0 Å². The minimum atomic E-state index is 0.235. The van der Waals surface area contributed by atoms with Gasteiger partial charge in [0.25, 0.3) is 0 Å². The molecule has 0 unspecified atom stereocenters. The zero-order valence-electron chi connectivity index (χ0n) is 14.8. The Kier molecular flexibility index (Phi) is 6.63. The van der Waals surface area contributed by atoms with E-state index in [0.29, 0.717) is 23.5 Å². The number of nitrogens with one attached hydrogen (secondary N) is 2. The summed E-state index contributed by atoms with van der Waals surface area (Å²) in [5.74, 6) is 1.89. The van der Waals surface area contributed by atoms with Gasteiger partial charge in [0, 0.05) is 32.3 Å². The molecular formula is C17H27N5O2S. The first-order valence-corrected chi connectivity index (χ1v) is 9.50. The van der Waals surface area contributed by atoms with Crippen LogP contribution < -0.4 is 20.3 Å². The number of ether oxygens (including phenoxy) is 2. The Morgan fingerprint density at radius 1 is 1.28 bits per heavy atom. The molecular weight excluding hydrogens is 338 g/mol. The van der Waals surface area contributed by atoms with Gasteiger partial charge in [-0.25, -0.2) is 0 Å². The normalized spacial score (nSPS) is 20.8. The number of methoxy groups -OCH3 is 1. The van der Waals surface area contributed by atoms with Gasteiger partial charge in [0.1, 0.15) is 5.82 Å². The zero-order valence-corrected chi connectivity index (χ0v) is 15.6. The van der Waals surface area contributed by atoms with Crippen molar-refractivity contribution in [2.45, 2.75) is 44.6 Å². The van der Waals surface area contributed by atoms with Crippen molar-refractivity contribution in [2.24, 2.45) is 0 Å². The molecule has 2 N–H and O–H groups in total. The quantitative estimate of drug-likeness (QED) is 0.771. The first-order chi connectivity index (χ1) is 12.2. The van der Waals surface area contributed by atoms with Crippen LogP contribution in [0.25, 0.3) is 0 Å². The maximum atomic E-state index is 5.59. The van der Waals surface area contributed by atoms with E-state index in [2.05, 4.69) is 25.5 Å². The molecule has 2 aliphatic heterocycles. The van der Waals surface area contributed by atoms with Crippen LogP contribution >= 0.6 is 12.2 Å². The second kappa shape index (κ2) is 9.15. The lowest BCUT2D eigenvalue weighted by Gasteiger charge is -2.22. The molecule has 0 radical (unpaired) electrons. The number of thiocarbonyl (C=S) groups is 1. The second-order valence-corrected chi connectivity index (χ2v) is 6.87. The topological polar surface area (TPSA) is 71.5 Å². The van der Waals surface area contributed by atoms with Crippen LogP contribution in [0.3, 0.4) is 0 Å². The highest BCUT2D eigenvalue weighted by atomic mass is 32.1. The minimum absolute atomic E-state index is 0.235. The Morgan fingerprint density at radius 2 is 2.08 bits per heavy atom. The predicted octanol–water partition coefficient (Wildman–Crippen LogP) is 2.33. The molecule has 0 bridgehead atoms. The van der Waals surface area contributed by atoms with Crippen LogP contribution in [-0.4, -0.2) is 54.5 Å².